The quantitative estimate of drug-likeness (QED) is 0.812. The van der Waals surface area contributed by atoms with Crippen molar-refractivity contribution < 1.29 is 22.4 Å². The van der Waals surface area contributed by atoms with Gasteiger partial charge in [0.05, 0.1) is 16.1 Å². The zero-order valence-electron chi connectivity index (χ0n) is 12.7. The van der Waals surface area contributed by atoms with Gasteiger partial charge in [-0.25, -0.2) is 9.37 Å². The van der Waals surface area contributed by atoms with Gasteiger partial charge in [-0.1, -0.05) is 11.3 Å². The lowest BCUT2D eigenvalue weighted by molar-refractivity contribution is -0.141. The van der Waals surface area contributed by atoms with E-state index in [4.69, 9.17) is 0 Å². The van der Waals surface area contributed by atoms with Gasteiger partial charge in [-0.05, 0) is 12.1 Å². The van der Waals surface area contributed by atoms with E-state index in [-0.39, 0.29) is 16.4 Å². The van der Waals surface area contributed by atoms with E-state index < -0.39 is 23.6 Å². The van der Waals surface area contributed by atoms with Crippen LogP contribution in [0.25, 0.3) is 10.6 Å². The number of nitrogens with one attached hydrogen (secondary N) is 2. The van der Waals surface area contributed by atoms with Crippen LogP contribution in [0.15, 0.2) is 35.9 Å². The number of halogens is 4. The van der Waals surface area contributed by atoms with Crippen LogP contribution in [0.5, 0.6) is 0 Å². The molecule has 2 aromatic rings. The molecule has 1 aliphatic rings. The molecule has 2 N–H and O–H groups in total. The Kier molecular flexibility index (Phi) is 4.33. The van der Waals surface area contributed by atoms with Gasteiger partial charge >= 0.3 is 6.18 Å². The van der Waals surface area contributed by atoms with E-state index in [1.165, 1.54) is 19.3 Å². The number of aromatic nitrogens is 3. The first-order chi connectivity index (χ1) is 11.8. The molecule has 1 amide bonds. The number of thiazole rings is 1. The molecule has 0 bridgehead atoms. The van der Waals surface area contributed by atoms with Crippen molar-refractivity contribution in [3.63, 3.8) is 0 Å². The molecule has 0 saturated carbocycles. The lowest BCUT2D eigenvalue weighted by atomic mass is 10.2. The maximum atomic E-state index is 13.6. The summed E-state index contributed by atoms with van der Waals surface area (Å²) < 4.78 is 52.8. The summed E-state index contributed by atoms with van der Waals surface area (Å²) in [7, 11) is 1.38. The van der Waals surface area contributed by atoms with Gasteiger partial charge in [0.25, 0.3) is 5.91 Å². The Balaban J connectivity index is 1.79. The number of rotatable bonds is 3. The molecule has 0 saturated heterocycles. The first-order valence-electron chi connectivity index (χ1n) is 6.94. The number of carbonyl (C=O) groups excluding carboxylic acids is 1. The van der Waals surface area contributed by atoms with Crippen molar-refractivity contribution in [2.75, 3.05) is 11.9 Å². The number of aryl methyl sites for hydroxylation is 1. The third kappa shape index (κ3) is 3.55. The SMILES string of the molecule is Cn1nc(C(F)(F)F)cc1-c1cnc(NC(=O)C2=CCNC=C2F)s1. The molecular weight excluding hydrogens is 362 g/mol. The van der Waals surface area contributed by atoms with Gasteiger partial charge in [0.1, 0.15) is 0 Å². The molecule has 3 heterocycles. The number of hydrogen-bond donors (Lipinski definition) is 2. The smallest absolute Gasteiger partial charge is 0.385 e. The lowest BCUT2D eigenvalue weighted by Gasteiger charge is -2.09. The van der Waals surface area contributed by atoms with Crippen molar-refractivity contribution >= 4 is 22.4 Å². The van der Waals surface area contributed by atoms with E-state index in [0.29, 0.717) is 11.4 Å². The zero-order chi connectivity index (χ0) is 18.2. The number of nitrogens with zero attached hydrogens (tertiary/aromatic N) is 3. The van der Waals surface area contributed by atoms with Crippen LogP contribution in [0.1, 0.15) is 5.69 Å². The average molecular weight is 373 g/mol. The highest BCUT2D eigenvalue weighted by Gasteiger charge is 2.35. The van der Waals surface area contributed by atoms with E-state index in [1.807, 2.05) is 0 Å². The highest BCUT2D eigenvalue weighted by Crippen LogP contribution is 2.34. The molecule has 0 aliphatic carbocycles. The Morgan fingerprint density at radius 3 is 2.84 bits per heavy atom. The highest BCUT2D eigenvalue weighted by atomic mass is 32.1. The second kappa shape index (κ2) is 6.31. The summed E-state index contributed by atoms with van der Waals surface area (Å²) >= 11 is 0.962. The van der Waals surface area contributed by atoms with Gasteiger partial charge in [-0.2, -0.15) is 18.3 Å². The van der Waals surface area contributed by atoms with E-state index in [1.54, 1.807) is 0 Å². The van der Waals surface area contributed by atoms with E-state index >= 15 is 0 Å². The average Bonchev–Trinajstić information content (AvgIpc) is 3.13. The van der Waals surface area contributed by atoms with E-state index in [0.717, 1.165) is 28.3 Å². The van der Waals surface area contributed by atoms with Crippen LogP contribution >= 0.6 is 11.3 Å². The first kappa shape index (κ1) is 17.1. The molecule has 0 fully saturated rings. The van der Waals surface area contributed by atoms with Crippen molar-refractivity contribution in [3.05, 3.63) is 41.6 Å². The fourth-order valence-electron chi connectivity index (χ4n) is 2.14. The molecule has 2 aromatic heterocycles. The monoisotopic (exact) mass is 373 g/mol. The molecule has 3 rings (SSSR count). The van der Waals surface area contributed by atoms with Crippen molar-refractivity contribution in [3.8, 4) is 10.6 Å². The van der Waals surface area contributed by atoms with Gasteiger partial charge < -0.3 is 5.32 Å². The summed E-state index contributed by atoms with van der Waals surface area (Å²) in [6, 6.07) is 0.900. The summed E-state index contributed by atoms with van der Waals surface area (Å²) in [5.41, 5.74) is -0.941. The predicted octanol–water partition coefficient (Wildman–Crippen LogP) is 2.84. The molecule has 0 spiro atoms. The van der Waals surface area contributed by atoms with Crippen molar-refractivity contribution in [2.45, 2.75) is 6.18 Å². The number of carbonyl (C=O) groups is 1. The van der Waals surface area contributed by atoms with Gasteiger partial charge in [-0.3, -0.25) is 14.8 Å². The summed E-state index contributed by atoms with van der Waals surface area (Å²) in [5, 5.41) is 8.61. The number of alkyl halides is 3. The van der Waals surface area contributed by atoms with Crippen LogP contribution in [0.2, 0.25) is 0 Å². The highest BCUT2D eigenvalue weighted by molar-refractivity contribution is 7.19. The Labute approximate surface area is 142 Å². The third-order valence-electron chi connectivity index (χ3n) is 3.30. The van der Waals surface area contributed by atoms with Crippen LogP contribution in [-0.4, -0.2) is 27.2 Å². The molecule has 11 heteroatoms. The van der Waals surface area contributed by atoms with Crippen LogP contribution < -0.4 is 10.6 Å². The number of anilines is 1. The van der Waals surface area contributed by atoms with Crippen LogP contribution in [0, 0.1) is 0 Å². The molecule has 0 radical (unpaired) electrons. The van der Waals surface area contributed by atoms with Crippen molar-refractivity contribution in [1.82, 2.24) is 20.1 Å². The van der Waals surface area contributed by atoms with Gasteiger partial charge in [-0.15, -0.1) is 0 Å². The minimum absolute atomic E-state index is 0.129. The fourth-order valence-corrected chi connectivity index (χ4v) is 3.00. The maximum Gasteiger partial charge on any atom is 0.435 e. The second-order valence-corrected chi connectivity index (χ2v) is 6.07. The zero-order valence-corrected chi connectivity index (χ0v) is 13.5. The van der Waals surface area contributed by atoms with Crippen LogP contribution in [0.4, 0.5) is 22.7 Å². The molecule has 132 valence electrons. The van der Waals surface area contributed by atoms with E-state index in [9.17, 15) is 22.4 Å². The minimum Gasteiger partial charge on any atom is -0.385 e. The molecule has 1 aliphatic heterocycles. The third-order valence-corrected chi connectivity index (χ3v) is 4.24. The molecule has 0 aromatic carbocycles. The molecule has 0 unspecified atom stereocenters. The topological polar surface area (TPSA) is 71.8 Å². The number of hydrogen-bond acceptors (Lipinski definition) is 5. The Hall–Kier alpha value is -2.69. The van der Waals surface area contributed by atoms with Crippen molar-refractivity contribution in [2.24, 2.45) is 7.05 Å². The van der Waals surface area contributed by atoms with Crippen LogP contribution in [-0.2, 0) is 18.0 Å². The predicted molar refractivity (Wildman–Crippen MR) is 83.2 cm³/mol. The number of dihydropyridines is 1. The molecule has 25 heavy (non-hydrogen) atoms. The van der Waals surface area contributed by atoms with Crippen LogP contribution in [0.3, 0.4) is 0 Å². The minimum atomic E-state index is -4.55. The fraction of sp³-hybridized carbons (Fsp3) is 0.214. The number of amides is 1. The summed E-state index contributed by atoms with van der Waals surface area (Å²) in [6.07, 6.45) is -0.768. The lowest BCUT2D eigenvalue weighted by Crippen LogP contribution is -2.20. The Morgan fingerprint density at radius 2 is 2.20 bits per heavy atom. The van der Waals surface area contributed by atoms with Gasteiger partial charge in [0.2, 0.25) is 0 Å². The largest absolute Gasteiger partial charge is 0.435 e. The first-order valence-corrected chi connectivity index (χ1v) is 7.75. The van der Waals surface area contributed by atoms with Gasteiger partial charge in [0, 0.05) is 26.0 Å². The Bertz CT molecular complexity index is 880. The maximum absolute atomic E-state index is 13.6. The Morgan fingerprint density at radius 1 is 1.44 bits per heavy atom. The normalized spacial score (nSPS) is 14.6. The summed E-state index contributed by atoms with van der Waals surface area (Å²) in [5.74, 6) is -1.39. The standard InChI is InChI=1S/C14H11F4N5OS/c1-23-9(4-11(22-23)14(16,17)18)10-6-20-13(25-10)21-12(24)7-2-3-19-5-8(7)15/h2,4-6,19H,3H2,1H3,(H,20,21,24). The molecule has 6 nitrogen and oxygen atoms in total. The summed E-state index contributed by atoms with van der Waals surface area (Å²) in [4.78, 5) is 16.4. The summed E-state index contributed by atoms with van der Waals surface area (Å²) in [6.45, 7) is 0.314. The van der Waals surface area contributed by atoms with Crippen molar-refractivity contribution in [1.29, 1.82) is 0 Å². The molecule has 0 atom stereocenters. The second-order valence-electron chi connectivity index (χ2n) is 5.04. The van der Waals surface area contributed by atoms with Gasteiger partial charge in [0.15, 0.2) is 16.7 Å². The molecular formula is C14H11F4N5OS. The van der Waals surface area contributed by atoms with E-state index in [2.05, 4.69) is 20.7 Å².